The molecular weight excluding hydrogens is 360 g/mol. The van der Waals surface area contributed by atoms with Gasteiger partial charge in [0.1, 0.15) is 11.8 Å². The highest BCUT2D eigenvalue weighted by atomic mass is 32.2. The second kappa shape index (κ2) is 8.45. The van der Waals surface area contributed by atoms with Gasteiger partial charge in [-0.2, -0.15) is 5.90 Å². The molecule has 2 aromatic rings. The van der Waals surface area contributed by atoms with E-state index in [9.17, 15) is 18.0 Å². The van der Waals surface area contributed by atoms with Crippen LogP contribution in [0.15, 0.2) is 59.5 Å². The van der Waals surface area contributed by atoms with Gasteiger partial charge in [-0.3, -0.25) is 4.79 Å². The molecule has 0 heterocycles. The van der Waals surface area contributed by atoms with Crippen LogP contribution in [-0.4, -0.2) is 39.2 Å². The number of hydrogen-bond acceptors (Lipinski definition) is 7. The number of carbonyl (C=O) groups excluding carboxylic acids is 2. The molecule has 1 atom stereocenters. The van der Waals surface area contributed by atoms with Gasteiger partial charge in [-0.05, 0) is 36.4 Å². The van der Waals surface area contributed by atoms with Crippen molar-refractivity contribution >= 4 is 21.7 Å². The lowest BCUT2D eigenvalue weighted by Crippen LogP contribution is -2.47. The summed E-state index contributed by atoms with van der Waals surface area (Å²) in [6, 6.07) is 12.2. The lowest BCUT2D eigenvalue weighted by atomic mass is 10.2. The zero-order valence-corrected chi connectivity index (χ0v) is 14.7. The third-order valence-corrected chi connectivity index (χ3v) is 5.31. The van der Waals surface area contributed by atoms with E-state index in [4.69, 9.17) is 10.6 Å². The molecule has 0 aliphatic heterocycles. The van der Waals surface area contributed by atoms with E-state index < -0.39 is 33.5 Å². The van der Waals surface area contributed by atoms with Crippen molar-refractivity contribution in [3.05, 3.63) is 60.2 Å². The normalized spacial score (nSPS) is 12.1. The minimum atomic E-state index is -3.89. The Morgan fingerprint density at radius 2 is 1.69 bits per heavy atom. The molecule has 0 fully saturated rings. The molecular formula is C17H18N2O6S. The van der Waals surface area contributed by atoms with Gasteiger partial charge in [-0.25, -0.2) is 13.2 Å². The standard InChI is InChI=1S/C17H18N2O6S/c1-24-13-7-9-14(10-8-13)26(22,23)11-15(17(21)25-18)19-16(20)12-5-3-2-4-6-12/h2-10,15H,11,18H2,1H3,(H,19,20). The number of hydrogen-bond donors (Lipinski definition) is 2. The lowest BCUT2D eigenvalue weighted by molar-refractivity contribution is -0.145. The molecule has 138 valence electrons. The molecule has 26 heavy (non-hydrogen) atoms. The summed E-state index contributed by atoms with van der Waals surface area (Å²) < 4.78 is 30.1. The Kier molecular flexibility index (Phi) is 6.31. The Balaban J connectivity index is 2.21. The van der Waals surface area contributed by atoms with E-state index in [0.29, 0.717) is 5.75 Å². The molecule has 9 heteroatoms. The minimum absolute atomic E-state index is 0.0259. The molecule has 0 saturated carbocycles. The van der Waals surface area contributed by atoms with E-state index in [-0.39, 0.29) is 10.5 Å². The molecule has 0 spiro atoms. The fourth-order valence-electron chi connectivity index (χ4n) is 2.18. The minimum Gasteiger partial charge on any atom is -0.497 e. The van der Waals surface area contributed by atoms with Crippen molar-refractivity contribution < 1.29 is 27.6 Å². The highest BCUT2D eigenvalue weighted by Crippen LogP contribution is 2.17. The molecule has 0 aliphatic rings. The quantitative estimate of drug-likeness (QED) is 0.679. The predicted octanol–water partition coefficient (Wildman–Crippen LogP) is 0.684. The first-order valence-corrected chi connectivity index (χ1v) is 9.16. The first kappa shape index (κ1) is 19.4. The van der Waals surface area contributed by atoms with Crippen molar-refractivity contribution in [3.8, 4) is 5.75 Å². The number of nitrogens with two attached hydrogens (primary N) is 1. The van der Waals surface area contributed by atoms with Crippen LogP contribution in [0.1, 0.15) is 10.4 Å². The SMILES string of the molecule is COc1ccc(S(=O)(=O)CC(NC(=O)c2ccccc2)C(=O)ON)cc1. The van der Waals surface area contributed by atoms with Crippen LogP contribution < -0.4 is 16.0 Å². The Labute approximate surface area is 150 Å². The van der Waals surface area contributed by atoms with Gasteiger partial charge in [-0.15, -0.1) is 0 Å². The zero-order valence-electron chi connectivity index (χ0n) is 13.9. The summed E-state index contributed by atoms with van der Waals surface area (Å²) in [5.41, 5.74) is 0.268. The molecule has 0 saturated heterocycles. The third-order valence-electron chi connectivity index (χ3n) is 3.55. The Bertz CT molecular complexity index is 866. The summed E-state index contributed by atoms with van der Waals surface area (Å²) in [4.78, 5) is 28.2. The van der Waals surface area contributed by atoms with E-state index in [2.05, 4.69) is 10.2 Å². The highest BCUT2D eigenvalue weighted by molar-refractivity contribution is 7.91. The van der Waals surface area contributed by atoms with E-state index >= 15 is 0 Å². The number of ether oxygens (including phenoxy) is 1. The molecule has 2 rings (SSSR count). The van der Waals surface area contributed by atoms with Gasteiger partial charge < -0.3 is 14.9 Å². The zero-order chi connectivity index (χ0) is 19.2. The smallest absolute Gasteiger partial charge is 0.348 e. The van der Waals surface area contributed by atoms with Crippen molar-refractivity contribution in [1.29, 1.82) is 0 Å². The van der Waals surface area contributed by atoms with Gasteiger partial charge in [-0.1, -0.05) is 18.2 Å². The first-order valence-electron chi connectivity index (χ1n) is 7.50. The summed E-state index contributed by atoms with van der Waals surface area (Å²) in [7, 11) is -2.44. The van der Waals surface area contributed by atoms with Crippen LogP contribution in [0.4, 0.5) is 0 Å². The van der Waals surface area contributed by atoms with Gasteiger partial charge >= 0.3 is 5.97 Å². The summed E-state index contributed by atoms with van der Waals surface area (Å²) >= 11 is 0. The van der Waals surface area contributed by atoms with E-state index in [1.54, 1.807) is 18.2 Å². The van der Waals surface area contributed by atoms with Gasteiger partial charge in [0.25, 0.3) is 5.91 Å². The molecule has 0 aliphatic carbocycles. The Morgan fingerprint density at radius 3 is 2.23 bits per heavy atom. The van der Waals surface area contributed by atoms with Crippen LogP contribution in [0.25, 0.3) is 0 Å². The lowest BCUT2D eigenvalue weighted by Gasteiger charge is -2.16. The monoisotopic (exact) mass is 378 g/mol. The van der Waals surface area contributed by atoms with Crippen molar-refractivity contribution in [2.45, 2.75) is 10.9 Å². The van der Waals surface area contributed by atoms with Gasteiger partial charge in [0, 0.05) is 5.56 Å². The average Bonchev–Trinajstić information content (AvgIpc) is 2.67. The second-order valence-corrected chi connectivity index (χ2v) is 7.32. The molecule has 1 unspecified atom stereocenters. The summed E-state index contributed by atoms with van der Waals surface area (Å²) in [6.45, 7) is 0. The fourth-order valence-corrected chi connectivity index (χ4v) is 3.58. The topological polar surface area (TPSA) is 125 Å². The number of benzene rings is 2. The Morgan fingerprint density at radius 1 is 1.08 bits per heavy atom. The van der Waals surface area contributed by atoms with Crippen molar-refractivity contribution in [2.24, 2.45) is 5.90 Å². The van der Waals surface area contributed by atoms with Gasteiger partial charge in [0.2, 0.25) is 0 Å². The van der Waals surface area contributed by atoms with Crippen LogP contribution in [0.3, 0.4) is 0 Å². The molecule has 2 aromatic carbocycles. The van der Waals surface area contributed by atoms with Crippen molar-refractivity contribution in [3.63, 3.8) is 0 Å². The number of nitrogens with one attached hydrogen (secondary N) is 1. The van der Waals surface area contributed by atoms with Crippen molar-refractivity contribution in [2.75, 3.05) is 12.9 Å². The van der Waals surface area contributed by atoms with Crippen LogP contribution >= 0.6 is 0 Å². The van der Waals surface area contributed by atoms with Crippen LogP contribution in [0.2, 0.25) is 0 Å². The summed E-state index contributed by atoms with van der Waals surface area (Å²) in [6.07, 6.45) is 0. The van der Waals surface area contributed by atoms with Crippen molar-refractivity contribution in [1.82, 2.24) is 5.32 Å². The summed E-state index contributed by atoms with van der Waals surface area (Å²) in [5, 5.41) is 2.34. The molecule has 3 N–H and O–H groups in total. The van der Waals surface area contributed by atoms with E-state index in [0.717, 1.165) is 0 Å². The van der Waals surface area contributed by atoms with Gasteiger partial charge in [0.05, 0.1) is 17.8 Å². The maximum atomic E-state index is 12.5. The maximum absolute atomic E-state index is 12.5. The van der Waals surface area contributed by atoms with Crippen LogP contribution in [0.5, 0.6) is 5.75 Å². The molecule has 0 aromatic heterocycles. The first-order chi connectivity index (χ1) is 12.4. The number of amides is 1. The summed E-state index contributed by atoms with van der Waals surface area (Å²) in [5.74, 6) is 2.97. The van der Waals surface area contributed by atoms with E-state index in [1.165, 1.54) is 43.5 Å². The number of rotatable bonds is 7. The van der Waals surface area contributed by atoms with Gasteiger partial charge in [0.15, 0.2) is 9.84 Å². The second-order valence-electron chi connectivity index (χ2n) is 5.29. The number of methoxy groups -OCH3 is 1. The molecule has 1 amide bonds. The third kappa shape index (κ3) is 4.80. The molecule has 0 bridgehead atoms. The van der Waals surface area contributed by atoms with Crippen LogP contribution in [0, 0.1) is 0 Å². The number of carbonyl (C=O) groups is 2. The van der Waals surface area contributed by atoms with Crippen LogP contribution in [-0.2, 0) is 19.5 Å². The highest BCUT2D eigenvalue weighted by Gasteiger charge is 2.29. The Hall–Kier alpha value is -2.91. The predicted molar refractivity (Wildman–Crippen MR) is 93.0 cm³/mol. The largest absolute Gasteiger partial charge is 0.497 e. The number of sulfone groups is 1. The molecule has 0 radical (unpaired) electrons. The van der Waals surface area contributed by atoms with E-state index in [1.807, 2.05) is 0 Å². The average molecular weight is 378 g/mol. The maximum Gasteiger partial charge on any atom is 0.348 e. The fraction of sp³-hybridized carbons (Fsp3) is 0.176. The molecule has 8 nitrogen and oxygen atoms in total.